The standard InChI is InChI=1S/C29H31N5O3/c1-33-17-26(31-32-33)23-15-24(23)27-25(29(36)37)16-30-34(27)22-12-6-10-20(14-22)19-9-5-11-21(13-19)28(35)18-7-3-2-4-8-18/h5-6,9-14,16-18,23-24,28,35H,2-4,7-8,15H2,1H3,(H,36,37)/t23?,24-,28?/m1/s1. The molecule has 2 aliphatic carbocycles. The van der Waals surface area contributed by atoms with Crippen molar-refractivity contribution in [2.75, 3.05) is 0 Å². The summed E-state index contributed by atoms with van der Waals surface area (Å²) in [6.07, 6.45) is 9.48. The minimum absolute atomic E-state index is 0.0166. The zero-order valence-electron chi connectivity index (χ0n) is 20.9. The van der Waals surface area contributed by atoms with Crippen molar-refractivity contribution in [3.8, 4) is 16.8 Å². The summed E-state index contributed by atoms with van der Waals surface area (Å²) in [6.45, 7) is 0. The van der Waals surface area contributed by atoms with Gasteiger partial charge in [0.15, 0.2) is 0 Å². The van der Waals surface area contributed by atoms with Crippen LogP contribution in [-0.2, 0) is 7.05 Å². The molecule has 8 heteroatoms. The van der Waals surface area contributed by atoms with Gasteiger partial charge in [-0.25, -0.2) is 9.48 Å². The molecule has 2 aliphatic rings. The highest BCUT2D eigenvalue weighted by Crippen LogP contribution is 2.55. The van der Waals surface area contributed by atoms with Crippen molar-refractivity contribution >= 4 is 5.97 Å². The third-order valence-corrected chi connectivity index (χ3v) is 7.93. The first kappa shape index (κ1) is 23.6. The molecule has 190 valence electrons. The summed E-state index contributed by atoms with van der Waals surface area (Å²) in [4.78, 5) is 12.1. The van der Waals surface area contributed by atoms with Crippen LogP contribution in [0.4, 0.5) is 0 Å². The van der Waals surface area contributed by atoms with E-state index < -0.39 is 12.1 Å². The van der Waals surface area contributed by atoms with Crippen LogP contribution in [0.1, 0.15) is 83.8 Å². The highest BCUT2D eigenvalue weighted by molar-refractivity contribution is 5.89. The van der Waals surface area contributed by atoms with Crippen molar-refractivity contribution in [2.45, 2.75) is 56.5 Å². The van der Waals surface area contributed by atoms with Gasteiger partial charge >= 0.3 is 5.97 Å². The number of rotatable bonds is 7. The second kappa shape index (κ2) is 9.59. The lowest BCUT2D eigenvalue weighted by atomic mass is 9.82. The second-order valence-corrected chi connectivity index (χ2v) is 10.4. The number of carboxylic acids is 1. The zero-order valence-corrected chi connectivity index (χ0v) is 20.9. The van der Waals surface area contributed by atoms with Gasteiger partial charge < -0.3 is 10.2 Å². The molecule has 2 saturated carbocycles. The molecule has 0 amide bonds. The fourth-order valence-corrected chi connectivity index (χ4v) is 5.89. The van der Waals surface area contributed by atoms with Gasteiger partial charge in [0.25, 0.3) is 0 Å². The van der Waals surface area contributed by atoms with Gasteiger partial charge in [-0.3, -0.25) is 4.68 Å². The largest absolute Gasteiger partial charge is 0.478 e. The molecule has 2 aromatic heterocycles. The van der Waals surface area contributed by atoms with Crippen LogP contribution in [0.3, 0.4) is 0 Å². The predicted molar refractivity (Wildman–Crippen MR) is 139 cm³/mol. The number of benzene rings is 2. The molecule has 0 saturated heterocycles. The number of hydrogen-bond donors (Lipinski definition) is 2. The van der Waals surface area contributed by atoms with E-state index in [1.165, 1.54) is 25.5 Å². The maximum absolute atomic E-state index is 12.1. The number of aromatic carboxylic acids is 1. The van der Waals surface area contributed by atoms with Crippen LogP contribution >= 0.6 is 0 Å². The molecule has 0 spiro atoms. The number of carboxylic acid groups (broad SMARTS) is 1. The Labute approximate surface area is 215 Å². The molecule has 2 fully saturated rings. The van der Waals surface area contributed by atoms with Crippen molar-refractivity contribution in [1.82, 2.24) is 24.8 Å². The Morgan fingerprint density at radius 3 is 2.51 bits per heavy atom. The molecule has 6 rings (SSSR count). The molecule has 4 aromatic rings. The molecule has 0 bridgehead atoms. The highest BCUT2D eigenvalue weighted by atomic mass is 16.4. The SMILES string of the molecule is Cn1cc(C2C[C@H]2c2c(C(=O)O)cnn2-c2cccc(-c3cccc(C(O)C4CCCCC4)c3)c2)nn1. The van der Waals surface area contributed by atoms with E-state index >= 15 is 0 Å². The van der Waals surface area contributed by atoms with Crippen LogP contribution in [0.25, 0.3) is 16.8 Å². The predicted octanol–water partition coefficient (Wildman–Crippen LogP) is 5.25. The van der Waals surface area contributed by atoms with E-state index in [9.17, 15) is 15.0 Å². The Hall–Kier alpha value is -3.78. The minimum atomic E-state index is -0.980. The van der Waals surface area contributed by atoms with Gasteiger partial charge in [-0.15, -0.1) is 5.10 Å². The van der Waals surface area contributed by atoms with Gasteiger partial charge in [0.05, 0.1) is 29.4 Å². The Bertz CT molecular complexity index is 1430. The van der Waals surface area contributed by atoms with E-state index in [0.29, 0.717) is 11.6 Å². The quantitative estimate of drug-likeness (QED) is 0.361. The van der Waals surface area contributed by atoms with Gasteiger partial charge in [-0.05, 0) is 60.1 Å². The molecular weight excluding hydrogens is 466 g/mol. The Morgan fingerprint density at radius 1 is 1.03 bits per heavy atom. The van der Waals surface area contributed by atoms with Crippen LogP contribution < -0.4 is 0 Å². The number of carbonyl (C=O) groups is 1. The molecule has 2 heterocycles. The summed E-state index contributed by atoms with van der Waals surface area (Å²) in [5.41, 5.74) is 5.57. The van der Waals surface area contributed by atoms with Crippen molar-refractivity contribution in [2.24, 2.45) is 13.0 Å². The Balaban J connectivity index is 1.32. The number of aromatic nitrogens is 5. The lowest BCUT2D eigenvalue weighted by molar-refractivity contribution is 0.0695. The normalized spacial score (nSPS) is 20.6. The van der Waals surface area contributed by atoms with Gasteiger partial charge in [0, 0.05) is 25.1 Å². The lowest BCUT2D eigenvalue weighted by Crippen LogP contribution is -2.15. The first-order chi connectivity index (χ1) is 18.0. The summed E-state index contributed by atoms with van der Waals surface area (Å²) in [5.74, 6) is -0.518. The van der Waals surface area contributed by atoms with Gasteiger partial charge in [-0.1, -0.05) is 54.8 Å². The molecule has 8 nitrogen and oxygen atoms in total. The van der Waals surface area contributed by atoms with Crippen LogP contribution in [0.2, 0.25) is 0 Å². The summed E-state index contributed by atoms with van der Waals surface area (Å²) < 4.78 is 3.43. The maximum atomic E-state index is 12.1. The summed E-state index contributed by atoms with van der Waals surface area (Å²) in [6, 6.07) is 16.1. The Kier molecular flexibility index (Phi) is 6.12. The van der Waals surface area contributed by atoms with E-state index in [2.05, 4.69) is 21.5 Å². The van der Waals surface area contributed by atoms with Crippen LogP contribution in [0, 0.1) is 5.92 Å². The molecule has 2 aromatic carbocycles. The number of aliphatic hydroxyl groups excluding tert-OH is 1. The minimum Gasteiger partial charge on any atom is -0.478 e. The van der Waals surface area contributed by atoms with Crippen molar-refractivity contribution < 1.29 is 15.0 Å². The van der Waals surface area contributed by atoms with Crippen LogP contribution in [-0.4, -0.2) is 41.0 Å². The van der Waals surface area contributed by atoms with E-state index in [1.807, 2.05) is 55.7 Å². The van der Waals surface area contributed by atoms with Gasteiger partial charge in [0.2, 0.25) is 0 Å². The van der Waals surface area contributed by atoms with Crippen LogP contribution in [0.5, 0.6) is 0 Å². The van der Waals surface area contributed by atoms with E-state index in [0.717, 1.165) is 47.3 Å². The van der Waals surface area contributed by atoms with Gasteiger partial charge in [-0.2, -0.15) is 5.10 Å². The first-order valence-corrected chi connectivity index (χ1v) is 13.1. The fourth-order valence-electron chi connectivity index (χ4n) is 5.89. The monoisotopic (exact) mass is 497 g/mol. The molecule has 2 unspecified atom stereocenters. The molecular formula is C29H31N5O3. The van der Waals surface area contributed by atoms with E-state index in [1.54, 1.807) is 9.36 Å². The fraction of sp³-hybridized carbons (Fsp3) is 0.379. The van der Waals surface area contributed by atoms with E-state index in [-0.39, 0.29) is 17.4 Å². The van der Waals surface area contributed by atoms with Gasteiger partial charge in [0.1, 0.15) is 5.56 Å². The Morgan fingerprint density at radius 2 is 1.78 bits per heavy atom. The molecule has 2 N–H and O–H groups in total. The average Bonchev–Trinajstić information content (AvgIpc) is 3.37. The zero-order chi connectivity index (χ0) is 25.5. The van der Waals surface area contributed by atoms with Crippen molar-refractivity contribution in [3.63, 3.8) is 0 Å². The van der Waals surface area contributed by atoms with Crippen molar-refractivity contribution in [3.05, 3.63) is 83.4 Å². The number of hydrogen-bond acceptors (Lipinski definition) is 5. The highest BCUT2D eigenvalue weighted by Gasteiger charge is 2.46. The molecule has 0 aliphatic heterocycles. The molecule has 3 atom stereocenters. The number of aryl methyl sites for hydroxylation is 1. The first-order valence-electron chi connectivity index (χ1n) is 13.1. The topological polar surface area (TPSA) is 106 Å². The third-order valence-electron chi connectivity index (χ3n) is 7.93. The summed E-state index contributed by atoms with van der Waals surface area (Å²) in [5, 5.41) is 33.7. The van der Waals surface area contributed by atoms with Crippen LogP contribution in [0.15, 0.2) is 60.9 Å². The van der Waals surface area contributed by atoms with Crippen molar-refractivity contribution in [1.29, 1.82) is 0 Å². The molecule has 37 heavy (non-hydrogen) atoms. The smallest absolute Gasteiger partial charge is 0.339 e. The number of nitrogens with zero attached hydrogens (tertiary/aromatic N) is 5. The summed E-state index contributed by atoms with van der Waals surface area (Å²) >= 11 is 0. The number of aliphatic hydroxyl groups is 1. The third kappa shape index (κ3) is 4.57. The average molecular weight is 498 g/mol. The molecule has 0 radical (unpaired) electrons. The second-order valence-electron chi connectivity index (χ2n) is 10.4. The summed E-state index contributed by atoms with van der Waals surface area (Å²) in [7, 11) is 1.83. The van der Waals surface area contributed by atoms with E-state index in [4.69, 9.17) is 0 Å². The lowest BCUT2D eigenvalue weighted by Gasteiger charge is -2.27. The maximum Gasteiger partial charge on any atom is 0.339 e.